The van der Waals surface area contributed by atoms with Crippen LogP contribution in [-0.2, 0) is 16.6 Å². The zero-order valence-corrected chi connectivity index (χ0v) is 17.8. The van der Waals surface area contributed by atoms with Gasteiger partial charge >= 0.3 is 0 Å². The highest BCUT2D eigenvalue weighted by Crippen LogP contribution is 2.41. The topological polar surface area (TPSA) is 104 Å². The van der Waals surface area contributed by atoms with Crippen molar-refractivity contribution in [3.8, 4) is 11.5 Å². The summed E-state index contributed by atoms with van der Waals surface area (Å²) < 4.78 is 41.5. The van der Waals surface area contributed by atoms with E-state index in [1.807, 2.05) is 22.9 Å². The zero-order chi connectivity index (χ0) is 22.2. The summed E-state index contributed by atoms with van der Waals surface area (Å²) in [6.45, 7) is 0.712. The Morgan fingerprint density at radius 2 is 1.77 bits per heavy atom. The highest BCUT2D eigenvalue weighted by molar-refractivity contribution is 7.89. The van der Waals surface area contributed by atoms with E-state index in [0.29, 0.717) is 23.6 Å². The number of methoxy groups -OCH3 is 2. The van der Waals surface area contributed by atoms with Crippen molar-refractivity contribution >= 4 is 15.7 Å². The largest absolute Gasteiger partial charge is 0.497 e. The Balaban J connectivity index is 1.86. The van der Waals surface area contributed by atoms with Crippen LogP contribution in [-0.4, -0.2) is 43.0 Å². The Morgan fingerprint density at radius 1 is 1.03 bits per heavy atom. The molecule has 2 aromatic carbocycles. The predicted molar refractivity (Wildman–Crippen MR) is 113 cm³/mol. The molecular weight excluding hydrogens is 422 g/mol. The quantitative estimate of drug-likeness (QED) is 0.428. The summed E-state index contributed by atoms with van der Waals surface area (Å²) in [5, 5.41) is 11.0. The van der Waals surface area contributed by atoms with Crippen molar-refractivity contribution in [1.29, 1.82) is 0 Å². The first-order valence-corrected chi connectivity index (χ1v) is 10.9. The maximum absolute atomic E-state index is 13.6. The number of nitro benzene ring substituents is 1. The molecule has 10 heteroatoms. The summed E-state index contributed by atoms with van der Waals surface area (Å²) in [6.07, 6.45) is 1.91. The molecule has 9 nitrogen and oxygen atoms in total. The maximum atomic E-state index is 13.6. The van der Waals surface area contributed by atoms with Gasteiger partial charge in [0.25, 0.3) is 5.69 Å². The van der Waals surface area contributed by atoms with Crippen LogP contribution in [0.4, 0.5) is 5.69 Å². The molecule has 0 saturated carbocycles. The van der Waals surface area contributed by atoms with Crippen molar-refractivity contribution < 1.29 is 22.8 Å². The summed E-state index contributed by atoms with van der Waals surface area (Å²) in [4.78, 5) is 10.4. The van der Waals surface area contributed by atoms with Crippen molar-refractivity contribution in [2.45, 2.75) is 17.5 Å². The molecule has 4 rings (SSSR count). The molecule has 0 aliphatic carbocycles. The number of fused-ring (bicyclic) bond motifs is 1. The van der Waals surface area contributed by atoms with Gasteiger partial charge in [0.15, 0.2) is 0 Å². The van der Waals surface area contributed by atoms with Crippen molar-refractivity contribution in [2.75, 3.05) is 20.8 Å². The van der Waals surface area contributed by atoms with Gasteiger partial charge in [-0.15, -0.1) is 0 Å². The Morgan fingerprint density at radius 3 is 2.42 bits per heavy atom. The fourth-order valence-electron chi connectivity index (χ4n) is 3.86. The molecule has 3 aromatic rings. The Hall–Kier alpha value is -3.37. The summed E-state index contributed by atoms with van der Waals surface area (Å²) in [7, 11) is -0.894. The lowest BCUT2D eigenvalue weighted by atomic mass is 10.0. The van der Waals surface area contributed by atoms with E-state index in [1.54, 1.807) is 25.3 Å². The van der Waals surface area contributed by atoms with Crippen LogP contribution in [0.15, 0.2) is 65.7 Å². The van der Waals surface area contributed by atoms with Crippen LogP contribution in [0.3, 0.4) is 0 Å². The van der Waals surface area contributed by atoms with Gasteiger partial charge in [0.05, 0.1) is 30.1 Å². The molecular formula is C21H21N3O6S. The summed E-state index contributed by atoms with van der Waals surface area (Å²) in [6, 6.07) is 13.3. The minimum atomic E-state index is -3.97. The highest BCUT2D eigenvalue weighted by atomic mass is 32.2. The van der Waals surface area contributed by atoms with Gasteiger partial charge in [0, 0.05) is 42.7 Å². The van der Waals surface area contributed by atoms with Crippen molar-refractivity contribution in [3.05, 3.63) is 82.2 Å². The van der Waals surface area contributed by atoms with Gasteiger partial charge in [0.1, 0.15) is 11.5 Å². The van der Waals surface area contributed by atoms with E-state index in [9.17, 15) is 18.5 Å². The van der Waals surface area contributed by atoms with Gasteiger partial charge in [-0.1, -0.05) is 0 Å². The molecule has 1 aliphatic rings. The molecule has 1 unspecified atom stereocenters. The van der Waals surface area contributed by atoms with Gasteiger partial charge in [-0.05, 0) is 42.5 Å². The summed E-state index contributed by atoms with van der Waals surface area (Å²) in [5.41, 5.74) is 1.27. The first kappa shape index (κ1) is 20.9. The van der Waals surface area contributed by atoms with Crippen LogP contribution in [0.2, 0.25) is 0 Å². The molecule has 31 heavy (non-hydrogen) atoms. The molecule has 0 N–H and O–H groups in total. The Kier molecular flexibility index (Phi) is 5.42. The van der Waals surface area contributed by atoms with Crippen molar-refractivity contribution in [1.82, 2.24) is 8.87 Å². The second kappa shape index (κ2) is 8.05. The van der Waals surface area contributed by atoms with E-state index >= 15 is 0 Å². The number of non-ortho nitro benzene ring substituents is 1. The summed E-state index contributed by atoms with van der Waals surface area (Å²) >= 11 is 0. The molecule has 0 spiro atoms. The average molecular weight is 443 g/mol. The third-order valence-electron chi connectivity index (χ3n) is 5.38. The number of nitrogens with zero attached hydrogens (tertiary/aromatic N) is 3. The SMILES string of the molecule is COc1ccc(OC)c(C2c3cccn3CCN2S(=O)(=O)c2ccc([N+](=O)[O-])cc2)c1. The predicted octanol–water partition coefficient (Wildman–Crippen LogP) is 3.21. The maximum Gasteiger partial charge on any atom is 0.269 e. The number of hydrogen-bond acceptors (Lipinski definition) is 6. The normalized spacial score (nSPS) is 16.5. The molecule has 2 heterocycles. The van der Waals surface area contributed by atoms with Crippen LogP contribution < -0.4 is 9.47 Å². The molecule has 0 fully saturated rings. The zero-order valence-electron chi connectivity index (χ0n) is 17.0. The van der Waals surface area contributed by atoms with E-state index in [0.717, 1.165) is 5.69 Å². The van der Waals surface area contributed by atoms with Gasteiger partial charge in [-0.2, -0.15) is 4.31 Å². The number of hydrogen-bond donors (Lipinski definition) is 0. The van der Waals surface area contributed by atoms with Crippen LogP contribution in [0.5, 0.6) is 11.5 Å². The fraction of sp³-hybridized carbons (Fsp3) is 0.238. The molecule has 1 atom stereocenters. The summed E-state index contributed by atoms with van der Waals surface area (Å²) in [5.74, 6) is 1.11. The first-order chi connectivity index (χ1) is 14.9. The smallest absolute Gasteiger partial charge is 0.269 e. The van der Waals surface area contributed by atoms with Gasteiger partial charge < -0.3 is 14.0 Å². The number of benzene rings is 2. The molecule has 0 saturated heterocycles. The Bertz CT molecular complexity index is 1220. The highest BCUT2D eigenvalue weighted by Gasteiger charge is 2.39. The van der Waals surface area contributed by atoms with Crippen LogP contribution in [0.25, 0.3) is 0 Å². The van der Waals surface area contributed by atoms with E-state index in [-0.39, 0.29) is 17.1 Å². The van der Waals surface area contributed by atoms with E-state index in [2.05, 4.69) is 0 Å². The second-order valence-corrected chi connectivity index (χ2v) is 8.89. The third kappa shape index (κ3) is 3.64. The third-order valence-corrected chi connectivity index (χ3v) is 7.26. The number of nitro groups is 1. The number of aromatic nitrogens is 1. The lowest BCUT2D eigenvalue weighted by molar-refractivity contribution is -0.384. The molecule has 0 radical (unpaired) electrons. The fourth-order valence-corrected chi connectivity index (χ4v) is 5.44. The standard InChI is InChI=1S/C21H21N3O6S/c1-29-16-7-10-20(30-2)18(14-16)21-19-4-3-11-22(19)12-13-23(21)31(27,28)17-8-5-15(6-9-17)24(25)26/h3-11,14,21H,12-13H2,1-2H3. The molecule has 1 aromatic heterocycles. The molecule has 162 valence electrons. The lowest BCUT2D eigenvalue weighted by Crippen LogP contribution is -2.42. The minimum Gasteiger partial charge on any atom is -0.497 e. The molecule has 1 aliphatic heterocycles. The van der Waals surface area contributed by atoms with Gasteiger partial charge in [-0.25, -0.2) is 8.42 Å². The minimum absolute atomic E-state index is 0.00929. The van der Waals surface area contributed by atoms with Crippen LogP contribution >= 0.6 is 0 Å². The lowest BCUT2D eigenvalue weighted by Gasteiger charge is -2.37. The van der Waals surface area contributed by atoms with E-state index in [4.69, 9.17) is 9.47 Å². The van der Waals surface area contributed by atoms with Crippen molar-refractivity contribution in [3.63, 3.8) is 0 Å². The first-order valence-electron chi connectivity index (χ1n) is 9.50. The van der Waals surface area contributed by atoms with E-state index in [1.165, 1.54) is 35.7 Å². The van der Waals surface area contributed by atoms with Gasteiger partial charge in [0.2, 0.25) is 10.0 Å². The number of ether oxygens (including phenoxy) is 2. The van der Waals surface area contributed by atoms with Crippen molar-refractivity contribution in [2.24, 2.45) is 0 Å². The number of rotatable bonds is 6. The van der Waals surface area contributed by atoms with Gasteiger partial charge in [-0.3, -0.25) is 10.1 Å². The monoisotopic (exact) mass is 443 g/mol. The average Bonchev–Trinajstić information content (AvgIpc) is 3.27. The number of sulfonamides is 1. The van der Waals surface area contributed by atoms with Crippen LogP contribution in [0.1, 0.15) is 17.3 Å². The second-order valence-electron chi connectivity index (χ2n) is 7.00. The molecule has 0 bridgehead atoms. The Labute approximate surface area is 179 Å². The van der Waals surface area contributed by atoms with Crippen LogP contribution in [0, 0.1) is 10.1 Å². The van der Waals surface area contributed by atoms with E-state index < -0.39 is 21.0 Å². The molecule has 0 amide bonds.